The monoisotopic (exact) mass is 227 g/mol. The molecule has 88 valence electrons. The molecular formula is C15H17NO. The summed E-state index contributed by atoms with van der Waals surface area (Å²) < 4.78 is 0. The number of nitrogens with one attached hydrogen (secondary N) is 1. The molecule has 2 rings (SSSR count). The van der Waals surface area contributed by atoms with Crippen molar-refractivity contribution in [3.8, 4) is 0 Å². The van der Waals surface area contributed by atoms with Gasteiger partial charge in [0, 0.05) is 11.3 Å². The normalized spacial score (nSPS) is 10.6. The Bertz CT molecular complexity index is 579. The fourth-order valence-corrected chi connectivity index (χ4v) is 2.00. The Morgan fingerprint density at radius 3 is 2.29 bits per heavy atom. The van der Waals surface area contributed by atoms with Crippen molar-refractivity contribution in [1.82, 2.24) is 4.98 Å². The lowest BCUT2D eigenvalue weighted by Gasteiger charge is -2.02. The molecule has 1 heterocycles. The number of aromatic amines is 1. The third kappa shape index (κ3) is 2.03. The number of hydrogen-bond donors (Lipinski definition) is 1. The highest BCUT2D eigenvalue weighted by atomic mass is 16.1. The number of benzene rings is 1. The zero-order valence-electron chi connectivity index (χ0n) is 10.7. The molecule has 2 nitrogen and oxygen atoms in total. The van der Waals surface area contributed by atoms with Crippen LogP contribution in [0, 0.1) is 27.7 Å². The lowest BCUT2D eigenvalue weighted by molar-refractivity contribution is 0.103. The maximum atomic E-state index is 12.4. The molecular weight excluding hydrogens is 210 g/mol. The summed E-state index contributed by atoms with van der Waals surface area (Å²) in [6.45, 7) is 8.01. The van der Waals surface area contributed by atoms with Crippen LogP contribution in [0.2, 0.25) is 0 Å². The van der Waals surface area contributed by atoms with Crippen LogP contribution in [-0.4, -0.2) is 10.8 Å². The number of rotatable bonds is 2. The van der Waals surface area contributed by atoms with Gasteiger partial charge in [-0.15, -0.1) is 0 Å². The third-order valence-corrected chi connectivity index (χ3v) is 3.32. The highest BCUT2D eigenvalue weighted by Crippen LogP contribution is 2.19. The Labute approximate surface area is 102 Å². The predicted molar refractivity (Wildman–Crippen MR) is 69.6 cm³/mol. The molecule has 0 bridgehead atoms. The first-order chi connectivity index (χ1) is 8.00. The van der Waals surface area contributed by atoms with E-state index < -0.39 is 0 Å². The minimum atomic E-state index is 0.0717. The van der Waals surface area contributed by atoms with E-state index >= 15 is 0 Å². The molecule has 0 radical (unpaired) electrons. The number of aromatic nitrogens is 1. The Morgan fingerprint density at radius 2 is 1.76 bits per heavy atom. The van der Waals surface area contributed by atoms with E-state index in [4.69, 9.17) is 0 Å². The fraction of sp³-hybridized carbons (Fsp3) is 0.267. The van der Waals surface area contributed by atoms with Gasteiger partial charge in [-0.1, -0.05) is 23.8 Å². The smallest absolute Gasteiger partial charge is 0.209 e. The minimum Gasteiger partial charge on any atom is -0.356 e. The number of carbonyl (C=O) groups excluding carboxylic acids is 1. The molecule has 0 fully saturated rings. The van der Waals surface area contributed by atoms with E-state index in [1.54, 1.807) is 0 Å². The second-order valence-electron chi connectivity index (χ2n) is 4.57. The van der Waals surface area contributed by atoms with Gasteiger partial charge in [-0.05, 0) is 44.9 Å². The number of ketones is 1. The van der Waals surface area contributed by atoms with E-state index in [0.717, 1.165) is 22.4 Å². The standard InChI is InChI=1S/C15H17NO/c1-9-6-5-7-13(8-9)15(17)14-11(3)10(2)12(4)16-14/h5-8,16H,1-4H3. The van der Waals surface area contributed by atoms with Gasteiger partial charge in [-0.3, -0.25) is 4.79 Å². The van der Waals surface area contributed by atoms with Crippen molar-refractivity contribution in [2.24, 2.45) is 0 Å². The molecule has 0 amide bonds. The summed E-state index contributed by atoms with van der Waals surface area (Å²) in [5.74, 6) is 0.0717. The first-order valence-electron chi connectivity index (χ1n) is 5.78. The fourth-order valence-electron chi connectivity index (χ4n) is 2.00. The van der Waals surface area contributed by atoms with E-state index in [2.05, 4.69) is 4.98 Å². The molecule has 1 aromatic carbocycles. The van der Waals surface area contributed by atoms with Gasteiger partial charge >= 0.3 is 0 Å². The van der Waals surface area contributed by atoms with Crippen LogP contribution in [-0.2, 0) is 0 Å². The number of aryl methyl sites for hydroxylation is 2. The van der Waals surface area contributed by atoms with E-state index in [-0.39, 0.29) is 5.78 Å². The summed E-state index contributed by atoms with van der Waals surface area (Å²) in [6.07, 6.45) is 0. The van der Waals surface area contributed by atoms with Crippen molar-refractivity contribution in [2.75, 3.05) is 0 Å². The number of carbonyl (C=O) groups is 1. The van der Waals surface area contributed by atoms with E-state index in [0.29, 0.717) is 5.69 Å². The Hall–Kier alpha value is -1.83. The average molecular weight is 227 g/mol. The predicted octanol–water partition coefficient (Wildman–Crippen LogP) is 3.48. The first-order valence-corrected chi connectivity index (χ1v) is 5.78. The van der Waals surface area contributed by atoms with Gasteiger partial charge in [0.05, 0.1) is 5.69 Å². The molecule has 0 aliphatic carbocycles. The molecule has 0 saturated carbocycles. The van der Waals surface area contributed by atoms with Crippen LogP contribution in [0.3, 0.4) is 0 Å². The summed E-state index contributed by atoms with van der Waals surface area (Å²) in [5.41, 5.74) is 5.85. The van der Waals surface area contributed by atoms with E-state index in [1.807, 2.05) is 52.0 Å². The summed E-state index contributed by atoms with van der Waals surface area (Å²) in [6, 6.07) is 7.70. The number of hydrogen-bond acceptors (Lipinski definition) is 1. The molecule has 17 heavy (non-hydrogen) atoms. The average Bonchev–Trinajstić information content (AvgIpc) is 2.56. The Balaban J connectivity index is 2.47. The second kappa shape index (κ2) is 4.21. The lowest BCUT2D eigenvalue weighted by atomic mass is 10.0. The zero-order chi connectivity index (χ0) is 12.6. The molecule has 2 heteroatoms. The van der Waals surface area contributed by atoms with Gasteiger partial charge in [-0.25, -0.2) is 0 Å². The van der Waals surface area contributed by atoms with Gasteiger partial charge < -0.3 is 4.98 Å². The van der Waals surface area contributed by atoms with E-state index in [9.17, 15) is 4.79 Å². The SMILES string of the molecule is Cc1cccc(C(=O)c2[nH]c(C)c(C)c2C)c1. The molecule has 0 atom stereocenters. The molecule has 1 N–H and O–H groups in total. The van der Waals surface area contributed by atoms with Gasteiger partial charge in [0.15, 0.2) is 0 Å². The topological polar surface area (TPSA) is 32.9 Å². The summed E-state index contributed by atoms with van der Waals surface area (Å²) >= 11 is 0. The van der Waals surface area contributed by atoms with Crippen LogP contribution in [0.1, 0.15) is 38.4 Å². The van der Waals surface area contributed by atoms with Gasteiger partial charge in [-0.2, -0.15) is 0 Å². The largest absolute Gasteiger partial charge is 0.356 e. The highest BCUT2D eigenvalue weighted by molar-refractivity contribution is 6.09. The van der Waals surface area contributed by atoms with Crippen LogP contribution in [0.25, 0.3) is 0 Å². The van der Waals surface area contributed by atoms with Gasteiger partial charge in [0.2, 0.25) is 5.78 Å². The van der Waals surface area contributed by atoms with Gasteiger partial charge in [0.1, 0.15) is 0 Å². The van der Waals surface area contributed by atoms with Crippen molar-refractivity contribution in [1.29, 1.82) is 0 Å². The number of H-pyrrole nitrogens is 1. The highest BCUT2D eigenvalue weighted by Gasteiger charge is 2.16. The maximum Gasteiger partial charge on any atom is 0.209 e. The summed E-state index contributed by atoms with van der Waals surface area (Å²) in [5, 5.41) is 0. The molecule has 1 aromatic heterocycles. The van der Waals surface area contributed by atoms with Crippen molar-refractivity contribution >= 4 is 5.78 Å². The molecule has 0 unspecified atom stereocenters. The molecule has 0 spiro atoms. The third-order valence-electron chi connectivity index (χ3n) is 3.32. The zero-order valence-corrected chi connectivity index (χ0v) is 10.7. The summed E-state index contributed by atoms with van der Waals surface area (Å²) in [7, 11) is 0. The van der Waals surface area contributed by atoms with Crippen LogP contribution < -0.4 is 0 Å². The quantitative estimate of drug-likeness (QED) is 0.783. The first kappa shape index (κ1) is 11.6. The Morgan fingerprint density at radius 1 is 1.06 bits per heavy atom. The molecule has 0 aliphatic heterocycles. The molecule has 0 saturated heterocycles. The van der Waals surface area contributed by atoms with E-state index in [1.165, 1.54) is 5.56 Å². The molecule has 0 aliphatic rings. The Kier molecular flexibility index (Phi) is 2.88. The maximum absolute atomic E-state index is 12.4. The van der Waals surface area contributed by atoms with Crippen LogP contribution in [0.5, 0.6) is 0 Å². The van der Waals surface area contributed by atoms with Crippen molar-refractivity contribution in [3.63, 3.8) is 0 Å². The van der Waals surface area contributed by atoms with Crippen LogP contribution in [0.15, 0.2) is 24.3 Å². The minimum absolute atomic E-state index is 0.0717. The van der Waals surface area contributed by atoms with Crippen LogP contribution in [0.4, 0.5) is 0 Å². The second-order valence-corrected chi connectivity index (χ2v) is 4.57. The van der Waals surface area contributed by atoms with Crippen molar-refractivity contribution < 1.29 is 4.79 Å². The van der Waals surface area contributed by atoms with Crippen LogP contribution >= 0.6 is 0 Å². The lowest BCUT2D eigenvalue weighted by Crippen LogP contribution is -2.04. The van der Waals surface area contributed by atoms with Crippen molar-refractivity contribution in [3.05, 3.63) is 57.9 Å². The van der Waals surface area contributed by atoms with Gasteiger partial charge in [0.25, 0.3) is 0 Å². The van der Waals surface area contributed by atoms with Crippen molar-refractivity contribution in [2.45, 2.75) is 27.7 Å². The molecule has 2 aromatic rings. The summed E-state index contributed by atoms with van der Waals surface area (Å²) in [4.78, 5) is 15.5.